The van der Waals surface area contributed by atoms with Gasteiger partial charge in [0.15, 0.2) is 0 Å². The van der Waals surface area contributed by atoms with Crippen molar-refractivity contribution in [1.29, 1.82) is 0 Å². The number of rotatable bonds is 5. The zero-order valence-corrected chi connectivity index (χ0v) is 23.7. The highest BCUT2D eigenvalue weighted by atomic mass is 35.5. The van der Waals surface area contributed by atoms with Gasteiger partial charge in [-0.25, -0.2) is 4.39 Å². The summed E-state index contributed by atoms with van der Waals surface area (Å²) in [6.07, 6.45) is 0.547. The minimum absolute atomic E-state index is 0.108. The first kappa shape index (κ1) is 28.1. The molecule has 10 heteroatoms. The van der Waals surface area contributed by atoms with Crippen molar-refractivity contribution >= 4 is 52.3 Å². The molecular formula is C30H29Cl2FN4O3. The Morgan fingerprint density at radius 3 is 2.38 bits per heavy atom. The molecule has 3 aromatic rings. The van der Waals surface area contributed by atoms with Crippen LogP contribution in [0.2, 0.25) is 10.0 Å². The number of fused-ring (bicyclic) bond motifs is 2. The number of halogens is 3. The Morgan fingerprint density at radius 2 is 1.75 bits per heavy atom. The molecule has 3 aromatic carbocycles. The standard InChI is InChI=1S/C30H29Cl2FN4O3/c1-29(2,3)14-23-30(19-10-7-17(31)13-22(19)36-28(30)40)24(16-6-11-21(33)20(32)12-16)25(37-23)27(39)35-18-8-4-15(5-9-18)26(34)38/h4-13,23-25,37H,14H2,1-3H3,(H2,34,38)(H,35,39)(H,36,40)/t23-,24-,25+,30?/m0/s1. The third kappa shape index (κ3) is 4.85. The van der Waals surface area contributed by atoms with Crippen LogP contribution in [0.15, 0.2) is 60.7 Å². The lowest BCUT2D eigenvalue weighted by atomic mass is 9.62. The lowest BCUT2D eigenvalue weighted by molar-refractivity contribution is -0.122. The number of carbonyl (C=O) groups excluding carboxylic acids is 3. The summed E-state index contributed by atoms with van der Waals surface area (Å²) in [6, 6.07) is 14.3. The number of anilines is 2. The van der Waals surface area contributed by atoms with Gasteiger partial charge in [0.05, 0.1) is 11.1 Å². The highest BCUT2D eigenvalue weighted by molar-refractivity contribution is 6.31. The smallest absolute Gasteiger partial charge is 0.248 e. The molecule has 5 rings (SSSR count). The zero-order valence-electron chi connectivity index (χ0n) is 22.1. The molecule has 1 unspecified atom stereocenters. The van der Waals surface area contributed by atoms with Crippen LogP contribution >= 0.6 is 23.2 Å². The second kappa shape index (κ2) is 10.2. The van der Waals surface area contributed by atoms with Gasteiger partial charge in [-0.2, -0.15) is 0 Å². The molecule has 1 saturated heterocycles. The molecule has 1 fully saturated rings. The molecule has 0 aliphatic carbocycles. The van der Waals surface area contributed by atoms with Crippen LogP contribution in [0.3, 0.4) is 0 Å². The second-order valence-corrected chi connectivity index (χ2v) is 12.4. The van der Waals surface area contributed by atoms with Crippen molar-refractivity contribution in [2.75, 3.05) is 10.6 Å². The summed E-state index contributed by atoms with van der Waals surface area (Å²) < 4.78 is 14.3. The van der Waals surface area contributed by atoms with E-state index in [-0.39, 0.29) is 16.3 Å². The van der Waals surface area contributed by atoms with E-state index < -0.39 is 41.0 Å². The number of hydrogen-bond acceptors (Lipinski definition) is 4. The Balaban J connectivity index is 1.67. The minimum atomic E-state index is -1.23. The average Bonchev–Trinajstić information content (AvgIpc) is 3.35. The topological polar surface area (TPSA) is 113 Å². The molecule has 208 valence electrons. The third-order valence-electron chi connectivity index (χ3n) is 7.64. The normalized spacial score (nSPS) is 23.6. The summed E-state index contributed by atoms with van der Waals surface area (Å²) in [6.45, 7) is 6.19. The minimum Gasteiger partial charge on any atom is -0.366 e. The van der Waals surface area contributed by atoms with Gasteiger partial charge in [0.25, 0.3) is 0 Å². The van der Waals surface area contributed by atoms with Crippen molar-refractivity contribution in [3.8, 4) is 0 Å². The lowest BCUT2D eigenvalue weighted by Gasteiger charge is -2.37. The molecule has 7 nitrogen and oxygen atoms in total. The largest absolute Gasteiger partial charge is 0.366 e. The van der Waals surface area contributed by atoms with Crippen LogP contribution in [0.25, 0.3) is 0 Å². The number of carbonyl (C=O) groups is 3. The Hall–Kier alpha value is -3.46. The van der Waals surface area contributed by atoms with Crippen LogP contribution < -0.4 is 21.7 Å². The molecule has 5 N–H and O–H groups in total. The van der Waals surface area contributed by atoms with Gasteiger partial charge in [0.1, 0.15) is 11.2 Å². The van der Waals surface area contributed by atoms with E-state index in [0.29, 0.717) is 39.5 Å². The highest BCUT2D eigenvalue weighted by Gasteiger charge is 2.65. The van der Waals surface area contributed by atoms with Gasteiger partial charge in [0, 0.05) is 33.9 Å². The van der Waals surface area contributed by atoms with E-state index in [9.17, 15) is 18.8 Å². The molecule has 2 heterocycles. The monoisotopic (exact) mass is 582 g/mol. The second-order valence-electron chi connectivity index (χ2n) is 11.6. The molecule has 40 heavy (non-hydrogen) atoms. The number of hydrogen-bond donors (Lipinski definition) is 4. The molecule has 0 aromatic heterocycles. The van der Waals surface area contributed by atoms with Gasteiger partial charge in [-0.05, 0) is 71.5 Å². The van der Waals surface area contributed by atoms with Gasteiger partial charge >= 0.3 is 0 Å². The molecule has 2 aliphatic rings. The van der Waals surface area contributed by atoms with E-state index in [4.69, 9.17) is 28.9 Å². The lowest BCUT2D eigenvalue weighted by Crippen LogP contribution is -2.49. The van der Waals surface area contributed by atoms with Crippen molar-refractivity contribution < 1.29 is 18.8 Å². The number of nitrogens with one attached hydrogen (secondary N) is 3. The fourth-order valence-electron chi connectivity index (χ4n) is 6.07. The van der Waals surface area contributed by atoms with E-state index in [1.165, 1.54) is 24.3 Å². The van der Waals surface area contributed by atoms with E-state index in [2.05, 4.69) is 36.7 Å². The molecule has 0 radical (unpaired) electrons. The van der Waals surface area contributed by atoms with Gasteiger partial charge in [-0.15, -0.1) is 0 Å². The SMILES string of the molecule is CC(C)(C)C[C@@H]1N[C@@H](C(=O)Nc2ccc(C(N)=O)cc2)[C@H](c2ccc(F)c(Cl)c2)C12C(=O)Nc1cc(Cl)ccc12. The average molecular weight is 583 g/mol. The first-order valence-corrected chi connectivity index (χ1v) is 13.6. The van der Waals surface area contributed by atoms with Crippen molar-refractivity contribution in [3.63, 3.8) is 0 Å². The Bertz CT molecular complexity index is 1520. The van der Waals surface area contributed by atoms with Crippen molar-refractivity contribution in [2.24, 2.45) is 11.1 Å². The molecule has 4 atom stereocenters. The van der Waals surface area contributed by atoms with E-state index >= 15 is 0 Å². The highest BCUT2D eigenvalue weighted by Crippen LogP contribution is 2.56. The summed E-state index contributed by atoms with van der Waals surface area (Å²) in [7, 11) is 0. The van der Waals surface area contributed by atoms with Crippen LogP contribution in [0.4, 0.5) is 15.8 Å². The predicted octanol–water partition coefficient (Wildman–Crippen LogP) is 5.62. The molecule has 1 spiro atoms. The van der Waals surface area contributed by atoms with Crippen LogP contribution in [-0.4, -0.2) is 29.8 Å². The maximum Gasteiger partial charge on any atom is 0.248 e. The fourth-order valence-corrected chi connectivity index (χ4v) is 6.43. The van der Waals surface area contributed by atoms with Gasteiger partial charge < -0.3 is 21.7 Å². The number of benzene rings is 3. The quantitative estimate of drug-likeness (QED) is 0.312. The Labute approximate surface area is 241 Å². The van der Waals surface area contributed by atoms with E-state index in [1.807, 2.05) is 6.07 Å². The molecule has 3 amide bonds. The molecule has 0 bridgehead atoms. The first-order chi connectivity index (χ1) is 18.8. The Kier molecular flexibility index (Phi) is 7.15. The summed E-state index contributed by atoms with van der Waals surface area (Å²) in [4.78, 5) is 39.6. The van der Waals surface area contributed by atoms with E-state index in [1.54, 1.807) is 30.3 Å². The predicted molar refractivity (Wildman–Crippen MR) is 154 cm³/mol. The van der Waals surface area contributed by atoms with Crippen LogP contribution in [-0.2, 0) is 15.0 Å². The number of primary amides is 1. The Morgan fingerprint density at radius 1 is 1.05 bits per heavy atom. The summed E-state index contributed by atoms with van der Waals surface area (Å²) in [5.41, 5.74) is 6.46. The van der Waals surface area contributed by atoms with E-state index in [0.717, 1.165) is 0 Å². The summed E-state index contributed by atoms with van der Waals surface area (Å²) in [5.74, 6) is -2.62. The van der Waals surface area contributed by atoms with Crippen LogP contribution in [0.5, 0.6) is 0 Å². The van der Waals surface area contributed by atoms with Crippen molar-refractivity contribution in [1.82, 2.24) is 5.32 Å². The summed E-state index contributed by atoms with van der Waals surface area (Å²) >= 11 is 12.5. The van der Waals surface area contributed by atoms with Gasteiger partial charge in [-0.1, -0.05) is 56.1 Å². The molecule has 2 aliphatic heterocycles. The van der Waals surface area contributed by atoms with Crippen LogP contribution in [0.1, 0.15) is 54.6 Å². The maximum atomic E-state index is 14.3. The molecular weight excluding hydrogens is 554 g/mol. The zero-order chi connectivity index (χ0) is 29.0. The number of amides is 3. The van der Waals surface area contributed by atoms with Crippen LogP contribution in [0, 0.1) is 11.2 Å². The molecule has 0 saturated carbocycles. The fraction of sp³-hybridized carbons (Fsp3) is 0.300. The maximum absolute atomic E-state index is 14.3. The third-order valence-corrected chi connectivity index (χ3v) is 8.17. The first-order valence-electron chi connectivity index (χ1n) is 12.8. The van der Waals surface area contributed by atoms with Crippen molar-refractivity contribution in [3.05, 3.63) is 93.2 Å². The number of nitrogens with two attached hydrogens (primary N) is 1. The van der Waals surface area contributed by atoms with Gasteiger partial charge in [-0.3, -0.25) is 14.4 Å². The summed E-state index contributed by atoms with van der Waals surface area (Å²) in [5, 5.41) is 9.73. The van der Waals surface area contributed by atoms with Gasteiger partial charge in [0.2, 0.25) is 17.7 Å². The van der Waals surface area contributed by atoms with Crippen molar-refractivity contribution in [2.45, 2.75) is 50.6 Å².